The van der Waals surface area contributed by atoms with E-state index >= 15 is 0 Å². The first-order chi connectivity index (χ1) is 16.5. The van der Waals surface area contributed by atoms with Crippen LogP contribution in [0.25, 0.3) is 10.6 Å². The number of aromatic nitrogens is 3. The van der Waals surface area contributed by atoms with Gasteiger partial charge in [-0.3, -0.25) is 9.48 Å². The number of hydrogen-bond donors (Lipinski definition) is 3. The highest BCUT2D eigenvalue weighted by Gasteiger charge is 2.36. The highest BCUT2D eigenvalue weighted by atomic mass is 32.1. The van der Waals surface area contributed by atoms with E-state index in [9.17, 15) is 26.7 Å². The van der Waals surface area contributed by atoms with Gasteiger partial charge in [0.2, 0.25) is 0 Å². The Morgan fingerprint density at radius 3 is 2.77 bits per heavy atom. The highest BCUT2D eigenvalue weighted by molar-refractivity contribution is 7.19. The van der Waals surface area contributed by atoms with Crippen molar-refractivity contribution in [2.75, 3.05) is 17.7 Å². The van der Waals surface area contributed by atoms with E-state index in [1.807, 2.05) is 0 Å². The molecule has 188 valence electrons. The molecule has 3 unspecified atom stereocenters. The quantitative estimate of drug-likeness (QED) is 0.450. The van der Waals surface area contributed by atoms with Gasteiger partial charge < -0.3 is 21.5 Å². The van der Waals surface area contributed by atoms with Crippen LogP contribution >= 0.6 is 11.3 Å². The number of thiazole rings is 1. The molecule has 0 aliphatic carbocycles. The molecule has 3 atom stereocenters. The summed E-state index contributed by atoms with van der Waals surface area (Å²) in [6.45, 7) is -0.213. The Bertz CT molecular complexity index is 1230. The standard InChI is InChI=1S/C21H21F5N6O2S/c1-32-17(14-6-5-12(27)11(22)8-34-14)13(7-29-32)30-19(33)16-18(28)35-20(31-16)9-3-2-4-10(15(9)23)21(24,25)26/h2-4,7,11-12,14H,5-6,8,27-28H2,1H3,(H,30,33). The smallest absolute Gasteiger partial charge is 0.389 e. The summed E-state index contributed by atoms with van der Waals surface area (Å²) in [5.41, 5.74) is 10.2. The number of ether oxygens (including phenoxy) is 1. The number of alkyl halides is 4. The monoisotopic (exact) mass is 516 g/mol. The average molecular weight is 516 g/mol. The third-order valence-electron chi connectivity index (χ3n) is 5.62. The Morgan fingerprint density at radius 2 is 2.06 bits per heavy atom. The summed E-state index contributed by atoms with van der Waals surface area (Å²) in [6, 6.07) is 2.11. The number of hydrogen-bond acceptors (Lipinski definition) is 7. The highest BCUT2D eigenvalue weighted by Crippen LogP contribution is 2.38. The fourth-order valence-corrected chi connectivity index (χ4v) is 4.64. The van der Waals surface area contributed by atoms with E-state index in [0.29, 0.717) is 35.9 Å². The molecule has 0 saturated carbocycles. The zero-order valence-electron chi connectivity index (χ0n) is 18.3. The van der Waals surface area contributed by atoms with Crippen molar-refractivity contribution in [3.8, 4) is 10.6 Å². The van der Waals surface area contributed by atoms with Gasteiger partial charge >= 0.3 is 6.18 Å². The maximum absolute atomic E-state index is 14.5. The van der Waals surface area contributed by atoms with Crippen molar-refractivity contribution in [3.63, 3.8) is 0 Å². The van der Waals surface area contributed by atoms with Crippen LogP contribution < -0.4 is 16.8 Å². The molecule has 1 saturated heterocycles. The molecule has 14 heteroatoms. The first-order valence-corrected chi connectivity index (χ1v) is 11.3. The molecular formula is C21H21F5N6O2S. The van der Waals surface area contributed by atoms with Gasteiger partial charge in [-0.05, 0) is 25.0 Å². The second-order valence-corrected chi connectivity index (χ2v) is 9.03. The number of nitrogens with two attached hydrogens (primary N) is 2. The van der Waals surface area contributed by atoms with Crippen LogP contribution in [0.2, 0.25) is 0 Å². The predicted molar refractivity (Wildman–Crippen MR) is 119 cm³/mol. The number of nitrogens with one attached hydrogen (secondary N) is 1. The number of carbonyl (C=O) groups is 1. The molecule has 1 fully saturated rings. The fraction of sp³-hybridized carbons (Fsp3) is 0.381. The van der Waals surface area contributed by atoms with Gasteiger partial charge in [0.1, 0.15) is 28.1 Å². The maximum Gasteiger partial charge on any atom is 0.419 e. The van der Waals surface area contributed by atoms with Crippen molar-refractivity contribution in [2.24, 2.45) is 12.8 Å². The molecule has 3 heterocycles. The molecule has 4 rings (SSSR count). The molecule has 0 bridgehead atoms. The number of nitrogens with zero attached hydrogens (tertiary/aromatic N) is 3. The molecule has 35 heavy (non-hydrogen) atoms. The largest absolute Gasteiger partial charge is 0.419 e. The topological polar surface area (TPSA) is 121 Å². The summed E-state index contributed by atoms with van der Waals surface area (Å²) in [4.78, 5) is 16.9. The molecule has 1 aliphatic heterocycles. The summed E-state index contributed by atoms with van der Waals surface area (Å²) in [7, 11) is 1.62. The van der Waals surface area contributed by atoms with Crippen molar-refractivity contribution in [1.29, 1.82) is 0 Å². The van der Waals surface area contributed by atoms with E-state index in [1.165, 1.54) is 10.9 Å². The van der Waals surface area contributed by atoms with Crippen molar-refractivity contribution >= 4 is 27.9 Å². The zero-order valence-corrected chi connectivity index (χ0v) is 19.1. The number of aryl methyl sites for hydroxylation is 1. The van der Waals surface area contributed by atoms with E-state index in [2.05, 4.69) is 15.4 Å². The number of carbonyl (C=O) groups excluding carboxylic acids is 1. The van der Waals surface area contributed by atoms with E-state index in [4.69, 9.17) is 16.2 Å². The number of anilines is 2. The second-order valence-electron chi connectivity index (χ2n) is 8.00. The first kappa shape index (κ1) is 25.0. The molecule has 1 amide bonds. The van der Waals surface area contributed by atoms with Gasteiger partial charge in [-0.25, -0.2) is 13.8 Å². The van der Waals surface area contributed by atoms with Crippen molar-refractivity contribution in [3.05, 3.63) is 47.2 Å². The number of rotatable bonds is 4. The van der Waals surface area contributed by atoms with Crippen LogP contribution in [-0.4, -0.2) is 39.5 Å². The Hall–Kier alpha value is -3.10. The van der Waals surface area contributed by atoms with Crippen LogP contribution in [0.1, 0.15) is 40.7 Å². The van der Waals surface area contributed by atoms with E-state index in [-0.39, 0.29) is 28.0 Å². The minimum absolute atomic E-state index is 0.114. The third-order valence-corrected chi connectivity index (χ3v) is 6.54. The first-order valence-electron chi connectivity index (χ1n) is 10.4. The van der Waals surface area contributed by atoms with Crippen molar-refractivity contribution < 1.29 is 31.5 Å². The number of amides is 1. The molecule has 1 aromatic carbocycles. The Balaban J connectivity index is 1.60. The molecule has 8 nitrogen and oxygen atoms in total. The summed E-state index contributed by atoms with van der Waals surface area (Å²) >= 11 is 0.678. The van der Waals surface area contributed by atoms with Gasteiger partial charge in [-0.15, -0.1) is 0 Å². The molecule has 0 radical (unpaired) electrons. The molecule has 1 aliphatic rings. The minimum atomic E-state index is -4.90. The van der Waals surface area contributed by atoms with Gasteiger partial charge in [-0.2, -0.15) is 18.3 Å². The van der Waals surface area contributed by atoms with E-state index < -0.39 is 47.3 Å². The number of halogens is 5. The van der Waals surface area contributed by atoms with Crippen LogP contribution in [0, 0.1) is 5.82 Å². The SMILES string of the molecule is Cn1ncc(NC(=O)c2nc(-c3cccc(C(F)(F)F)c3F)sc2N)c1C1CCC(N)C(F)CO1. The Labute approximate surface area is 200 Å². The lowest BCUT2D eigenvalue weighted by Crippen LogP contribution is -2.32. The van der Waals surface area contributed by atoms with Gasteiger partial charge in [-0.1, -0.05) is 17.4 Å². The van der Waals surface area contributed by atoms with Crippen LogP contribution in [-0.2, 0) is 18.0 Å². The third kappa shape index (κ3) is 4.99. The zero-order chi connectivity index (χ0) is 25.5. The predicted octanol–water partition coefficient (Wildman–Crippen LogP) is 4.05. The summed E-state index contributed by atoms with van der Waals surface area (Å²) in [6.07, 6.45) is -4.70. The number of nitrogen functional groups attached to an aromatic ring is 1. The van der Waals surface area contributed by atoms with Crippen LogP contribution in [0.4, 0.5) is 32.6 Å². The fourth-order valence-electron chi connectivity index (χ4n) is 3.79. The van der Waals surface area contributed by atoms with E-state index in [1.54, 1.807) is 7.05 Å². The minimum Gasteiger partial charge on any atom is -0.389 e. The summed E-state index contributed by atoms with van der Waals surface area (Å²) in [5.74, 6) is -2.29. The van der Waals surface area contributed by atoms with Crippen LogP contribution in [0.15, 0.2) is 24.4 Å². The lowest BCUT2D eigenvalue weighted by Gasteiger charge is -2.17. The Morgan fingerprint density at radius 1 is 1.31 bits per heavy atom. The van der Waals surface area contributed by atoms with Gasteiger partial charge in [0.15, 0.2) is 5.69 Å². The van der Waals surface area contributed by atoms with Crippen molar-refractivity contribution in [1.82, 2.24) is 14.8 Å². The second kappa shape index (κ2) is 9.51. The summed E-state index contributed by atoms with van der Waals surface area (Å²) in [5, 5.41) is 6.43. The molecule has 3 aromatic rings. The molecule has 2 aromatic heterocycles. The lowest BCUT2D eigenvalue weighted by molar-refractivity contribution is -0.139. The van der Waals surface area contributed by atoms with Gasteiger partial charge in [0.05, 0.1) is 29.7 Å². The maximum atomic E-state index is 14.5. The molecule has 0 spiro atoms. The van der Waals surface area contributed by atoms with Crippen LogP contribution in [0.5, 0.6) is 0 Å². The summed E-state index contributed by atoms with van der Waals surface area (Å²) < 4.78 is 74.8. The molecule has 5 N–H and O–H groups in total. The van der Waals surface area contributed by atoms with Crippen LogP contribution in [0.3, 0.4) is 0 Å². The van der Waals surface area contributed by atoms with E-state index in [0.717, 1.165) is 12.1 Å². The lowest BCUT2D eigenvalue weighted by atomic mass is 10.0. The van der Waals surface area contributed by atoms with Gasteiger partial charge in [0, 0.05) is 18.7 Å². The number of benzene rings is 1. The molecular weight excluding hydrogens is 495 g/mol. The van der Waals surface area contributed by atoms with Gasteiger partial charge in [0.25, 0.3) is 5.91 Å². The average Bonchev–Trinajstić information content (AvgIpc) is 3.30. The van der Waals surface area contributed by atoms with Crippen molar-refractivity contribution in [2.45, 2.75) is 37.3 Å². The normalized spacial score (nSPS) is 21.1. The Kier molecular flexibility index (Phi) is 6.79.